The molecule has 1 rings (SSSR count). The molecule has 0 aliphatic rings. The average molecular weight is 267 g/mol. The minimum absolute atomic E-state index is 0.144. The topological polar surface area (TPSA) is 76.2 Å². The minimum Gasteiger partial charge on any atom is -0.478 e. The van der Waals surface area contributed by atoms with Gasteiger partial charge in [-0.2, -0.15) is 0 Å². The Bertz CT molecular complexity index is 384. The predicted molar refractivity (Wildman–Crippen MR) is 48.3 cm³/mol. The van der Waals surface area contributed by atoms with Crippen LogP contribution in [0, 0.1) is 0 Å². The normalized spacial score (nSPS) is 10.6. The van der Waals surface area contributed by atoms with E-state index in [-0.39, 0.29) is 4.60 Å². The van der Waals surface area contributed by atoms with E-state index in [1.54, 1.807) is 0 Å². The number of anilines is 1. The molecule has 0 atom stereocenters. The van der Waals surface area contributed by atoms with E-state index in [0.717, 1.165) is 6.20 Å². The Balaban J connectivity index is 3.41. The van der Waals surface area contributed by atoms with Crippen molar-refractivity contribution in [2.45, 2.75) is 6.43 Å². The van der Waals surface area contributed by atoms with Gasteiger partial charge < -0.3 is 10.8 Å². The smallest absolute Gasteiger partial charge is 0.339 e. The number of carboxylic acids is 1. The summed E-state index contributed by atoms with van der Waals surface area (Å²) in [6.45, 7) is 0. The van der Waals surface area contributed by atoms with Gasteiger partial charge in [0.1, 0.15) is 10.2 Å². The van der Waals surface area contributed by atoms with Gasteiger partial charge >= 0.3 is 5.97 Å². The first kappa shape index (κ1) is 10.8. The molecule has 0 unspecified atom stereocenters. The summed E-state index contributed by atoms with van der Waals surface area (Å²) in [5.74, 6) is -1.38. The Morgan fingerprint density at radius 1 is 1.64 bits per heavy atom. The van der Waals surface area contributed by atoms with Crippen LogP contribution in [0.2, 0.25) is 0 Å². The van der Waals surface area contributed by atoms with Crippen LogP contribution in [0.1, 0.15) is 22.3 Å². The van der Waals surface area contributed by atoms with Crippen molar-refractivity contribution in [3.63, 3.8) is 0 Å². The first-order valence-corrected chi connectivity index (χ1v) is 4.19. The summed E-state index contributed by atoms with van der Waals surface area (Å²) in [5.41, 5.74) is 3.77. The molecule has 14 heavy (non-hydrogen) atoms. The second-order valence-corrected chi connectivity index (χ2v) is 3.15. The summed E-state index contributed by atoms with van der Waals surface area (Å²) in [4.78, 5) is 14.0. The fourth-order valence-electron chi connectivity index (χ4n) is 0.895. The van der Waals surface area contributed by atoms with E-state index in [0.29, 0.717) is 0 Å². The predicted octanol–water partition coefficient (Wildman–Crippen LogP) is 2.06. The Labute approximate surface area is 85.9 Å². The van der Waals surface area contributed by atoms with Crippen molar-refractivity contribution < 1.29 is 18.7 Å². The van der Waals surface area contributed by atoms with Crippen molar-refractivity contribution in [1.29, 1.82) is 0 Å². The molecule has 0 bridgehead atoms. The van der Waals surface area contributed by atoms with E-state index in [1.807, 2.05) is 0 Å². The van der Waals surface area contributed by atoms with Crippen molar-refractivity contribution in [3.05, 3.63) is 21.9 Å². The molecule has 0 saturated carbocycles. The number of pyridine rings is 1. The fourth-order valence-corrected chi connectivity index (χ4v) is 1.38. The SMILES string of the molecule is Nc1c(C(=O)O)cnc(Br)c1C(F)F. The minimum atomic E-state index is -2.86. The molecule has 0 fully saturated rings. The van der Waals surface area contributed by atoms with E-state index >= 15 is 0 Å². The second-order valence-electron chi connectivity index (χ2n) is 2.40. The van der Waals surface area contributed by atoms with Crippen molar-refractivity contribution in [2.24, 2.45) is 0 Å². The van der Waals surface area contributed by atoms with E-state index in [4.69, 9.17) is 10.8 Å². The average Bonchev–Trinajstić information content (AvgIpc) is 2.02. The Kier molecular flexibility index (Phi) is 3.00. The van der Waals surface area contributed by atoms with Gasteiger partial charge in [0.25, 0.3) is 6.43 Å². The monoisotopic (exact) mass is 266 g/mol. The number of carboxylic acid groups (broad SMARTS) is 1. The van der Waals surface area contributed by atoms with E-state index < -0.39 is 29.2 Å². The van der Waals surface area contributed by atoms with Crippen LogP contribution >= 0.6 is 15.9 Å². The number of alkyl halides is 2. The second kappa shape index (κ2) is 3.87. The third-order valence-electron chi connectivity index (χ3n) is 1.56. The fraction of sp³-hybridized carbons (Fsp3) is 0.143. The molecule has 3 N–H and O–H groups in total. The number of nitrogens with zero attached hydrogens (tertiary/aromatic N) is 1. The molecule has 0 spiro atoms. The highest BCUT2D eigenvalue weighted by molar-refractivity contribution is 9.10. The molecule has 4 nitrogen and oxygen atoms in total. The Morgan fingerprint density at radius 3 is 2.64 bits per heavy atom. The third kappa shape index (κ3) is 1.82. The van der Waals surface area contributed by atoms with Crippen LogP contribution < -0.4 is 5.73 Å². The molecule has 1 aromatic rings. The van der Waals surface area contributed by atoms with Crippen LogP contribution in [0.3, 0.4) is 0 Å². The van der Waals surface area contributed by atoms with Crippen LogP contribution in [-0.4, -0.2) is 16.1 Å². The van der Waals surface area contributed by atoms with Gasteiger partial charge in [-0.3, -0.25) is 0 Å². The summed E-state index contributed by atoms with van der Waals surface area (Å²) in [7, 11) is 0. The van der Waals surface area contributed by atoms with Gasteiger partial charge in [-0.25, -0.2) is 18.6 Å². The van der Waals surface area contributed by atoms with Crippen LogP contribution in [-0.2, 0) is 0 Å². The number of aromatic carboxylic acids is 1. The number of aromatic nitrogens is 1. The van der Waals surface area contributed by atoms with Crippen LogP contribution in [0.4, 0.5) is 14.5 Å². The largest absolute Gasteiger partial charge is 0.478 e. The molecule has 0 aliphatic heterocycles. The highest BCUT2D eigenvalue weighted by Crippen LogP contribution is 2.32. The number of halogens is 3. The molecule has 0 radical (unpaired) electrons. The van der Waals surface area contributed by atoms with Gasteiger partial charge in [0.05, 0.1) is 11.3 Å². The van der Waals surface area contributed by atoms with Crippen molar-refractivity contribution in [2.75, 3.05) is 5.73 Å². The standard InChI is InChI=1S/C7H5BrF2N2O2/c8-5-3(6(9)10)4(11)2(1-12-5)7(13)14/h1,6H,(H2,11,12)(H,13,14). The number of nitrogen functional groups attached to an aromatic ring is 1. The van der Waals surface area contributed by atoms with Crippen molar-refractivity contribution >= 4 is 27.6 Å². The van der Waals surface area contributed by atoms with Crippen molar-refractivity contribution in [3.8, 4) is 0 Å². The molecule has 7 heteroatoms. The number of hydrogen-bond acceptors (Lipinski definition) is 3. The molecule has 76 valence electrons. The van der Waals surface area contributed by atoms with Crippen molar-refractivity contribution in [1.82, 2.24) is 4.98 Å². The lowest BCUT2D eigenvalue weighted by Crippen LogP contribution is -2.07. The van der Waals surface area contributed by atoms with Crippen LogP contribution in [0.25, 0.3) is 0 Å². The summed E-state index contributed by atoms with van der Waals surface area (Å²) in [6.07, 6.45) is -1.94. The van der Waals surface area contributed by atoms with Gasteiger partial charge in [-0.05, 0) is 15.9 Å². The third-order valence-corrected chi connectivity index (χ3v) is 2.19. The first-order valence-electron chi connectivity index (χ1n) is 3.40. The highest BCUT2D eigenvalue weighted by atomic mass is 79.9. The van der Waals surface area contributed by atoms with E-state index in [9.17, 15) is 13.6 Å². The maximum absolute atomic E-state index is 12.4. The molecular weight excluding hydrogens is 262 g/mol. The Hall–Kier alpha value is -1.24. The molecule has 0 saturated heterocycles. The number of carbonyl (C=O) groups is 1. The van der Waals surface area contributed by atoms with E-state index in [1.165, 1.54) is 0 Å². The zero-order chi connectivity index (χ0) is 10.9. The molecule has 0 aliphatic carbocycles. The summed E-state index contributed by atoms with van der Waals surface area (Å²) in [5, 5.41) is 8.58. The zero-order valence-electron chi connectivity index (χ0n) is 6.67. The molecule has 1 heterocycles. The van der Waals surface area contributed by atoms with E-state index in [2.05, 4.69) is 20.9 Å². The van der Waals surface area contributed by atoms with Gasteiger partial charge in [-0.15, -0.1) is 0 Å². The highest BCUT2D eigenvalue weighted by Gasteiger charge is 2.21. The van der Waals surface area contributed by atoms with Crippen LogP contribution in [0.15, 0.2) is 10.8 Å². The molecule has 0 aromatic carbocycles. The quantitative estimate of drug-likeness (QED) is 0.804. The summed E-state index contributed by atoms with van der Waals surface area (Å²) < 4.78 is 24.6. The molecule has 0 amide bonds. The number of hydrogen-bond donors (Lipinski definition) is 2. The summed E-state index contributed by atoms with van der Waals surface area (Å²) >= 11 is 2.77. The summed E-state index contributed by atoms with van der Waals surface area (Å²) in [6, 6.07) is 0. The molecule has 1 aromatic heterocycles. The van der Waals surface area contributed by atoms with Gasteiger partial charge in [0, 0.05) is 6.20 Å². The van der Waals surface area contributed by atoms with Gasteiger partial charge in [0.2, 0.25) is 0 Å². The first-order chi connectivity index (χ1) is 6.45. The lowest BCUT2D eigenvalue weighted by molar-refractivity contribution is 0.0697. The van der Waals surface area contributed by atoms with Gasteiger partial charge in [0.15, 0.2) is 0 Å². The Morgan fingerprint density at radius 2 is 2.21 bits per heavy atom. The number of rotatable bonds is 2. The number of nitrogens with two attached hydrogens (primary N) is 1. The lowest BCUT2D eigenvalue weighted by Gasteiger charge is -2.08. The lowest BCUT2D eigenvalue weighted by atomic mass is 10.1. The maximum atomic E-state index is 12.4. The van der Waals surface area contributed by atoms with Gasteiger partial charge in [-0.1, -0.05) is 0 Å². The van der Waals surface area contributed by atoms with Crippen LogP contribution in [0.5, 0.6) is 0 Å². The molecular formula is C7H5BrF2N2O2. The zero-order valence-corrected chi connectivity index (χ0v) is 8.25. The maximum Gasteiger partial charge on any atom is 0.339 e.